The zero-order chi connectivity index (χ0) is 23.7. The molecule has 4 aromatic rings. The van der Waals surface area contributed by atoms with E-state index in [1.54, 1.807) is 4.90 Å². The van der Waals surface area contributed by atoms with Crippen molar-refractivity contribution < 1.29 is 19.4 Å². The Balaban J connectivity index is 1.65. The van der Waals surface area contributed by atoms with Gasteiger partial charge < -0.3 is 9.84 Å². The van der Waals surface area contributed by atoms with Crippen LogP contribution < -0.4 is 0 Å². The number of carboxylic acids is 1. The van der Waals surface area contributed by atoms with Gasteiger partial charge in [0, 0.05) is 0 Å². The third-order valence-corrected chi connectivity index (χ3v) is 6.60. The second-order valence-electron chi connectivity index (χ2n) is 8.55. The lowest BCUT2D eigenvalue weighted by Gasteiger charge is -2.36. The smallest absolute Gasteiger partial charge is 0.410 e. The van der Waals surface area contributed by atoms with Gasteiger partial charge in [0.2, 0.25) is 0 Å². The van der Waals surface area contributed by atoms with Gasteiger partial charge in [-0.2, -0.15) is 0 Å². The molecule has 0 aromatic heterocycles. The number of carbonyl (C=O) groups is 2. The van der Waals surface area contributed by atoms with Gasteiger partial charge in [-0.05, 0) is 45.0 Å². The molecule has 0 saturated heterocycles. The van der Waals surface area contributed by atoms with Crippen molar-refractivity contribution in [3.05, 3.63) is 108 Å². The van der Waals surface area contributed by atoms with E-state index in [2.05, 4.69) is 0 Å². The van der Waals surface area contributed by atoms with E-state index in [1.165, 1.54) is 7.11 Å². The normalized spacial score (nSPS) is 13.2. The van der Waals surface area contributed by atoms with Gasteiger partial charge in [0.1, 0.15) is 0 Å². The van der Waals surface area contributed by atoms with Crippen molar-refractivity contribution >= 4 is 22.8 Å². The molecule has 0 fully saturated rings. The predicted octanol–water partition coefficient (Wildman–Crippen LogP) is 6.06. The molecule has 0 aliphatic heterocycles. The number of amides is 1. The maximum absolute atomic E-state index is 13.3. The number of rotatable bonds is 6. The maximum atomic E-state index is 13.3. The molecule has 1 N–H and O–H groups in total. The zero-order valence-electron chi connectivity index (χ0n) is 18.8. The Morgan fingerprint density at radius 1 is 0.853 bits per heavy atom. The first-order valence-electron chi connectivity index (χ1n) is 11.3. The molecule has 4 aromatic carbocycles. The van der Waals surface area contributed by atoms with Crippen molar-refractivity contribution in [2.75, 3.05) is 7.11 Å². The summed E-state index contributed by atoms with van der Waals surface area (Å²) in [6, 6.07) is 28.9. The van der Waals surface area contributed by atoms with Crippen LogP contribution in [0.2, 0.25) is 0 Å². The summed E-state index contributed by atoms with van der Waals surface area (Å²) in [6.07, 6.45) is -0.342. The van der Waals surface area contributed by atoms with Crippen LogP contribution in [0.5, 0.6) is 0 Å². The number of ether oxygens (including phenoxy) is 1. The molecule has 0 saturated carbocycles. The number of carboxylic acid groups (broad SMARTS) is 1. The number of fused-ring (bicyclic) bond motifs is 4. The molecule has 1 aliphatic carbocycles. The highest BCUT2D eigenvalue weighted by molar-refractivity contribution is 5.86. The molecule has 170 valence electrons. The average Bonchev–Trinajstić information content (AvgIpc) is 3.18. The fourth-order valence-electron chi connectivity index (χ4n) is 5.19. The molecule has 1 aliphatic rings. The lowest BCUT2D eigenvalue weighted by molar-refractivity contribution is -0.138. The van der Waals surface area contributed by atoms with Crippen LogP contribution in [0, 0.1) is 0 Å². The number of benzene rings is 4. The van der Waals surface area contributed by atoms with Crippen molar-refractivity contribution in [1.29, 1.82) is 0 Å². The lowest BCUT2D eigenvalue weighted by atomic mass is 9.94. The summed E-state index contributed by atoms with van der Waals surface area (Å²) in [5, 5.41) is 12.0. The Kier molecular flexibility index (Phi) is 5.76. The van der Waals surface area contributed by atoms with E-state index in [1.807, 2.05) is 91.0 Å². The minimum absolute atomic E-state index is 0.195. The second-order valence-corrected chi connectivity index (χ2v) is 8.55. The summed E-state index contributed by atoms with van der Waals surface area (Å²) < 4.78 is 5.24. The van der Waals surface area contributed by atoms with Crippen LogP contribution in [-0.2, 0) is 16.0 Å². The van der Waals surface area contributed by atoms with E-state index in [-0.39, 0.29) is 6.42 Å². The minimum Gasteiger partial charge on any atom is -0.481 e. The van der Waals surface area contributed by atoms with E-state index in [0.717, 1.165) is 38.6 Å². The summed E-state index contributed by atoms with van der Waals surface area (Å²) in [6.45, 7) is 0. The zero-order valence-corrected chi connectivity index (χ0v) is 18.8. The number of nitrogens with zero attached hydrogens (tertiary/aromatic N) is 1. The molecule has 0 spiro atoms. The van der Waals surface area contributed by atoms with Gasteiger partial charge >= 0.3 is 12.1 Å². The maximum Gasteiger partial charge on any atom is 0.410 e. The number of methoxy groups -OCH3 is 1. The quantitative estimate of drug-likeness (QED) is 0.387. The fraction of sp³-hybridized carbons (Fsp3) is 0.172. The number of aliphatic carboxylic acids is 1. The molecule has 5 rings (SSSR count). The van der Waals surface area contributed by atoms with Crippen LogP contribution in [0.1, 0.15) is 29.2 Å². The molecule has 1 atom stereocenters. The highest BCUT2D eigenvalue weighted by Crippen LogP contribution is 2.47. The molecule has 34 heavy (non-hydrogen) atoms. The van der Waals surface area contributed by atoms with Crippen LogP contribution in [0.25, 0.3) is 21.9 Å². The average molecular weight is 452 g/mol. The Bertz CT molecular complexity index is 1330. The Morgan fingerprint density at radius 3 is 2.09 bits per heavy atom. The number of hydrogen-bond donors (Lipinski definition) is 1. The first-order chi connectivity index (χ1) is 16.6. The van der Waals surface area contributed by atoms with Gasteiger partial charge in [-0.15, -0.1) is 0 Å². The van der Waals surface area contributed by atoms with E-state index in [4.69, 9.17) is 4.74 Å². The predicted molar refractivity (Wildman–Crippen MR) is 132 cm³/mol. The SMILES string of the molecule is COC(=O)N(C1c2ccccc2-c2ccccc21)[C@@H](CC(=O)O)Cc1cccc2ccccc12. The minimum atomic E-state index is -0.960. The van der Waals surface area contributed by atoms with Crippen LogP contribution in [-0.4, -0.2) is 35.2 Å². The van der Waals surface area contributed by atoms with Gasteiger partial charge in [-0.25, -0.2) is 4.79 Å². The van der Waals surface area contributed by atoms with E-state index >= 15 is 0 Å². The molecule has 0 unspecified atom stereocenters. The molecular weight excluding hydrogens is 426 g/mol. The highest BCUT2D eigenvalue weighted by Gasteiger charge is 2.40. The topological polar surface area (TPSA) is 66.8 Å². The van der Waals surface area contributed by atoms with Crippen molar-refractivity contribution in [2.45, 2.75) is 24.9 Å². The van der Waals surface area contributed by atoms with Crippen molar-refractivity contribution in [1.82, 2.24) is 4.90 Å². The molecule has 0 bridgehead atoms. The number of carbonyl (C=O) groups excluding carboxylic acids is 1. The standard InChI is InChI=1S/C29H25NO4/c1-34-29(33)30(28-25-15-6-4-13-23(25)24-14-5-7-16-26(24)28)21(18-27(31)32)17-20-11-8-10-19-9-2-3-12-22(19)20/h2-16,21,28H,17-18H2,1H3,(H,31,32)/t21-/m1/s1. The molecule has 1 amide bonds. The Hall–Kier alpha value is -4.12. The van der Waals surface area contributed by atoms with Crippen LogP contribution >= 0.6 is 0 Å². The van der Waals surface area contributed by atoms with Gasteiger partial charge in [0.25, 0.3) is 0 Å². The highest BCUT2D eigenvalue weighted by atomic mass is 16.5. The molecular formula is C29H25NO4. The molecule has 5 nitrogen and oxygen atoms in total. The van der Waals surface area contributed by atoms with Gasteiger partial charge in [-0.1, -0.05) is 91.0 Å². The summed E-state index contributed by atoms with van der Waals surface area (Å²) in [5.74, 6) is -0.960. The largest absolute Gasteiger partial charge is 0.481 e. The van der Waals surface area contributed by atoms with Crippen molar-refractivity contribution in [2.24, 2.45) is 0 Å². The van der Waals surface area contributed by atoms with Crippen LogP contribution in [0.3, 0.4) is 0 Å². The van der Waals surface area contributed by atoms with E-state index in [9.17, 15) is 14.7 Å². The first-order valence-corrected chi connectivity index (χ1v) is 11.3. The van der Waals surface area contributed by atoms with E-state index in [0.29, 0.717) is 6.42 Å². The second kappa shape index (κ2) is 9.02. The van der Waals surface area contributed by atoms with Crippen LogP contribution in [0.4, 0.5) is 4.79 Å². The summed E-state index contributed by atoms with van der Waals surface area (Å²) >= 11 is 0. The van der Waals surface area contributed by atoms with Crippen LogP contribution in [0.15, 0.2) is 91.0 Å². The Morgan fingerprint density at radius 2 is 1.44 bits per heavy atom. The third kappa shape index (κ3) is 3.79. The lowest BCUT2D eigenvalue weighted by Crippen LogP contribution is -2.45. The summed E-state index contributed by atoms with van der Waals surface area (Å²) in [4.78, 5) is 26.9. The molecule has 0 radical (unpaired) electrons. The molecule has 0 heterocycles. The fourth-order valence-corrected chi connectivity index (χ4v) is 5.19. The summed E-state index contributed by atoms with van der Waals surface area (Å²) in [7, 11) is 1.35. The first kappa shape index (κ1) is 21.7. The van der Waals surface area contributed by atoms with Crippen molar-refractivity contribution in [3.8, 4) is 11.1 Å². The van der Waals surface area contributed by atoms with Gasteiger partial charge in [0.05, 0.1) is 25.6 Å². The van der Waals surface area contributed by atoms with Gasteiger partial charge in [-0.3, -0.25) is 9.69 Å². The number of hydrogen-bond acceptors (Lipinski definition) is 3. The third-order valence-electron chi connectivity index (χ3n) is 6.60. The van der Waals surface area contributed by atoms with Gasteiger partial charge in [0.15, 0.2) is 0 Å². The molecule has 5 heteroatoms. The van der Waals surface area contributed by atoms with E-state index < -0.39 is 24.1 Å². The Labute approximate surface area is 198 Å². The monoisotopic (exact) mass is 451 g/mol. The summed E-state index contributed by atoms with van der Waals surface area (Å²) in [5.41, 5.74) is 5.05. The van der Waals surface area contributed by atoms with Crippen molar-refractivity contribution in [3.63, 3.8) is 0 Å².